The van der Waals surface area contributed by atoms with Crippen molar-refractivity contribution >= 4 is 70.2 Å². The number of rotatable bonds is 4. The first-order valence-electron chi connectivity index (χ1n) is 13.5. The maximum Gasteiger partial charge on any atom is 0.138 e. The number of nitrogens with zero attached hydrogens (tertiary/aromatic N) is 2. The summed E-state index contributed by atoms with van der Waals surface area (Å²) >= 11 is 1.82. The predicted octanol–water partition coefficient (Wildman–Crippen LogP) is 10.9. The van der Waals surface area contributed by atoms with Crippen molar-refractivity contribution in [3.63, 3.8) is 0 Å². The lowest BCUT2D eigenvalue weighted by atomic mass is 9.99. The summed E-state index contributed by atoms with van der Waals surface area (Å²) in [5.41, 5.74) is 4.60. The molecule has 2 nitrogen and oxygen atoms in total. The zero-order valence-corrected chi connectivity index (χ0v) is 22.5. The Labute approximate surface area is 236 Å². The molecule has 0 fully saturated rings. The van der Waals surface area contributed by atoms with Crippen LogP contribution in [0.15, 0.2) is 146 Å². The molecule has 0 aliphatic heterocycles. The smallest absolute Gasteiger partial charge is 0.138 e. The third-order valence-corrected chi connectivity index (χ3v) is 8.83. The molecule has 8 aromatic rings. The lowest BCUT2D eigenvalue weighted by Crippen LogP contribution is -2.12. The van der Waals surface area contributed by atoms with Gasteiger partial charge in [0.2, 0.25) is 0 Å². The van der Waals surface area contributed by atoms with Crippen molar-refractivity contribution < 1.29 is 0 Å². The number of thiophene rings is 1. The molecule has 188 valence electrons. The van der Waals surface area contributed by atoms with Crippen LogP contribution in [-0.2, 0) is 0 Å². The van der Waals surface area contributed by atoms with Crippen molar-refractivity contribution in [2.75, 3.05) is 4.90 Å². The van der Waals surface area contributed by atoms with Gasteiger partial charge in [-0.1, -0.05) is 109 Å². The largest absolute Gasteiger partial charge is 0.294 e. The first-order valence-corrected chi connectivity index (χ1v) is 14.3. The van der Waals surface area contributed by atoms with E-state index in [2.05, 4.69) is 144 Å². The number of anilines is 3. The third kappa shape index (κ3) is 3.75. The maximum absolute atomic E-state index is 5.08. The minimum Gasteiger partial charge on any atom is -0.294 e. The van der Waals surface area contributed by atoms with Gasteiger partial charge in [-0.05, 0) is 57.6 Å². The zero-order valence-electron chi connectivity index (χ0n) is 21.7. The van der Waals surface area contributed by atoms with Gasteiger partial charge in [-0.3, -0.25) is 4.90 Å². The molecular formula is C37H24N2S. The average Bonchev–Trinajstić information content (AvgIpc) is 3.40. The Morgan fingerprint density at radius 1 is 0.475 bits per heavy atom. The van der Waals surface area contributed by atoms with Crippen molar-refractivity contribution in [1.82, 2.24) is 4.98 Å². The van der Waals surface area contributed by atoms with Crippen LogP contribution in [-0.4, -0.2) is 4.98 Å². The Bertz CT molecular complexity index is 2160. The van der Waals surface area contributed by atoms with Crippen molar-refractivity contribution in [1.29, 1.82) is 0 Å². The molecule has 0 aliphatic rings. The number of hydrogen-bond donors (Lipinski definition) is 0. The van der Waals surface area contributed by atoms with E-state index in [1.807, 2.05) is 17.5 Å². The van der Waals surface area contributed by atoms with Gasteiger partial charge in [0.15, 0.2) is 0 Å². The monoisotopic (exact) mass is 528 g/mol. The van der Waals surface area contributed by atoms with Crippen LogP contribution in [0.4, 0.5) is 17.2 Å². The Morgan fingerprint density at radius 2 is 1.12 bits per heavy atom. The first-order chi connectivity index (χ1) is 19.8. The van der Waals surface area contributed by atoms with Crippen LogP contribution >= 0.6 is 11.3 Å². The van der Waals surface area contributed by atoms with E-state index < -0.39 is 0 Å². The van der Waals surface area contributed by atoms with Crippen molar-refractivity contribution in [2.24, 2.45) is 0 Å². The van der Waals surface area contributed by atoms with Gasteiger partial charge < -0.3 is 0 Å². The van der Waals surface area contributed by atoms with Gasteiger partial charge in [-0.2, -0.15) is 0 Å². The standard InChI is InChI=1S/C37H24N2S/c1-2-10-25(11-3-1)26-18-20-28(21-19-26)39(37-23-36-33(24-38-37)32-16-8-9-17-35(32)40-36)34-22-27-12-4-5-13-29(27)30-14-6-7-15-31(30)34/h1-24H. The van der Waals surface area contributed by atoms with E-state index in [0.717, 1.165) is 17.2 Å². The van der Waals surface area contributed by atoms with Crippen LogP contribution in [0, 0.1) is 0 Å². The van der Waals surface area contributed by atoms with Crippen LogP contribution in [0.5, 0.6) is 0 Å². The summed E-state index contributed by atoms with van der Waals surface area (Å²) in [6.45, 7) is 0. The molecule has 0 saturated carbocycles. The highest BCUT2D eigenvalue weighted by molar-refractivity contribution is 7.25. The molecule has 6 aromatic carbocycles. The van der Waals surface area contributed by atoms with Gasteiger partial charge in [-0.25, -0.2) is 4.98 Å². The molecule has 0 spiro atoms. The minimum atomic E-state index is 0.909. The quantitative estimate of drug-likeness (QED) is 0.211. The van der Waals surface area contributed by atoms with Crippen LogP contribution in [0.2, 0.25) is 0 Å². The summed E-state index contributed by atoms with van der Waals surface area (Å²) < 4.78 is 2.52. The summed E-state index contributed by atoms with van der Waals surface area (Å²) in [5.74, 6) is 0.909. The molecule has 2 aromatic heterocycles. The van der Waals surface area contributed by atoms with Crippen molar-refractivity contribution in [3.05, 3.63) is 146 Å². The molecule has 3 heteroatoms. The number of fused-ring (bicyclic) bond motifs is 6. The second-order valence-corrected chi connectivity index (χ2v) is 11.1. The molecule has 2 heterocycles. The SMILES string of the molecule is c1ccc(-c2ccc(N(c3cc4sc5ccccc5c4cn3)c3cc4ccccc4c4ccccc34)cc2)cc1. The fourth-order valence-corrected chi connectivity index (χ4v) is 6.89. The number of aromatic nitrogens is 1. The summed E-state index contributed by atoms with van der Waals surface area (Å²) in [6.07, 6.45) is 2.04. The molecular weight excluding hydrogens is 504 g/mol. The molecule has 0 amide bonds. The van der Waals surface area contributed by atoms with Gasteiger partial charge in [0, 0.05) is 37.4 Å². The van der Waals surface area contributed by atoms with Gasteiger partial charge in [0.1, 0.15) is 5.82 Å². The van der Waals surface area contributed by atoms with Gasteiger partial charge in [0.05, 0.1) is 5.69 Å². The maximum atomic E-state index is 5.08. The minimum absolute atomic E-state index is 0.909. The second-order valence-electron chi connectivity index (χ2n) is 10.0. The molecule has 0 unspecified atom stereocenters. The normalized spacial score (nSPS) is 11.5. The lowest BCUT2D eigenvalue weighted by Gasteiger charge is -2.26. The van der Waals surface area contributed by atoms with Gasteiger partial charge in [0.25, 0.3) is 0 Å². The summed E-state index contributed by atoms with van der Waals surface area (Å²) in [5, 5.41) is 7.37. The molecule has 0 radical (unpaired) electrons. The topological polar surface area (TPSA) is 16.1 Å². The Kier molecular flexibility index (Phi) is 5.35. The summed E-state index contributed by atoms with van der Waals surface area (Å²) in [6, 6.07) is 49.8. The molecule has 0 atom stereocenters. The highest BCUT2D eigenvalue weighted by Gasteiger charge is 2.19. The fourth-order valence-electron chi connectivity index (χ4n) is 5.78. The first kappa shape index (κ1) is 22.9. The fraction of sp³-hybridized carbons (Fsp3) is 0. The van der Waals surface area contributed by atoms with Crippen molar-refractivity contribution in [3.8, 4) is 11.1 Å². The molecule has 0 N–H and O–H groups in total. The van der Waals surface area contributed by atoms with Crippen molar-refractivity contribution in [2.45, 2.75) is 0 Å². The number of pyridine rings is 1. The highest BCUT2D eigenvalue weighted by atomic mass is 32.1. The Balaban J connectivity index is 1.38. The molecule has 8 rings (SSSR count). The van der Waals surface area contributed by atoms with E-state index in [1.165, 1.54) is 52.8 Å². The van der Waals surface area contributed by atoms with E-state index >= 15 is 0 Å². The highest BCUT2D eigenvalue weighted by Crippen LogP contribution is 2.43. The van der Waals surface area contributed by atoms with Crippen LogP contribution in [0.25, 0.3) is 52.8 Å². The van der Waals surface area contributed by atoms with E-state index in [0.29, 0.717) is 0 Å². The van der Waals surface area contributed by atoms with Crippen LogP contribution in [0.1, 0.15) is 0 Å². The second kappa shape index (κ2) is 9.33. The van der Waals surface area contributed by atoms with E-state index in [1.54, 1.807) is 0 Å². The van der Waals surface area contributed by atoms with E-state index in [4.69, 9.17) is 4.98 Å². The zero-order chi connectivity index (χ0) is 26.5. The van der Waals surface area contributed by atoms with Crippen LogP contribution < -0.4 is 4.90 Å². The number of hydrogen-bond acceptors (Lipinski definition) is 3. The summed E-state index contributed by atoms with van der Waals surface area (Å²) in [4.78, 5) is 7.40. The lowest BCUT2D eigenvalue weighted by molar-refractivity contribution is 1.20. The van der Waals surface area contributed by atoms with Gasteiger partial charge >= 0.3 is 0 Å². The number of benzene rings is 6. The molecule has 0 saturated heterocycles. The van der Waals surface area contributed by atoms with E-state index in [9.17, 15) is 0 Å². The Hall–Kier alpha value is -4.99. The molecule has 0 aliphatic carbocycles. The van der Waals surface area contributed by atoms with Crippen LogP contribution in [0.3, 0.4) is 0 Å². The third-order valence-electron chi connectivity index (χ3n) is 7.70. The predicted molar refractivity (Wildman–Crippen MR) is 172 cm³/mol. The Morgan fingerprint density at radius 3 is 1.95 bits per heavy atom. The van der Waals surface area contributed by atoms with E-state index in [-0.39, 0.29) is 0 Å². The molecule has 40 heavy (non-hydrogen) atoms. The molecule has 0 bridgehead atoms. The average molecular weight is 529 g/mol. The van der Waals surface area contributed by atoms with Gasteiger partial charge in [-0.15, -0.1) is 11.3 Å². The summed E-state index contributed by atoms with van der Waals surface area (Å²) in [7, 11) is 0.